The van der Waals surface area contributed by atoms with E-state index in [2.05, 4.69) is 180 Å². The molecular weight excluding hydrogens is 553 g/mol. The van der Waals surface area contributed by atoms with Gasteiger partial charge in [0.1, 0.15) is 0 Å². The molecule has 6 rings (SSSR count). The molecule has 0 amide bonds. The first-order valence-corrected chi connectivity index (χ1v) is 16.5. The number of hydrogen-bond acceptors (Lipinski definition) is 1. The molecule has 0 saturated carbocycles. The van der Waals surface area contributed by atoms with Crippen LogP contribution < -0.4 is 21.3 Å². The minimum Gasteiger partial charge on any atom is -0.362 e. The summed E-state index contributed by atoms with van der Waals surface area (Å²) < 4.78 is 0. The summed E-state index contributed by atoms with van der Waals surface area (Å²) in [5.74, 6) is 0. The molecule has 2 heteroatoms. The zero-order valence-electron chi connectivity index (χ0n) is 28.1. The van der Waals surface area contributed by atoms with Gasteiger partial charge in [0.25, 0.3) is 0 Å². The molecule has 6 aromatic rings. The molecule has 0 N–H and O–H groups in total. The van der Waals surface area contributed by atoms with Crippen molar-refractivity contribution in [2.75, 3.05) is 4.90 Å². The fourth-order valence-electron chi connectivity index (χ4n) is 7.55. The second kappa shape index (κ2) is 13.7. The van der Waals surface area contributed by atoms with Gasteiger partial charge in [-0.15, -0.1) is 0 Å². The highest BCUT2D eigenvalue weighted by atomic mass is 15.1. The summed E-state index contributed by atoms with van der Waals surface area (Å²) >= 11 is 0. The van der Waals surface area contributed by atoms with Gasteiger partial charge in [0.2, 0.25) is 6.71 Å². The molecule has 0 aliphatic carbocycles. The SMILES string of the molecule is Cc1cc(C)c(B(c2ccccc2-c2ccccc2N(Cc2ccccc2)Cc2ccccc2)c2c(C)cc(C)cc2C)c(C)c1. The van der Waals surface area contributed by atoms with Gasteiger partial charge < -0.3 is 4.90 Å². The van der Waals surface area contributed by atoms with E-state index in [0.717, 1.165) is 13.1 Å². The van der Waals surface area contributed by atoms with Crippen LogP contribution in [0.4, 0.5) is 5.69 Å². The van der Waals surface area contributed by atoms with Crippen LogP contribution in [0.3, 0.4) is 0 Å². The Morgan fingerprint density at radius 3 is 1.30 bits per heavy atom. The van der Waals surface area contributed by atoms with Gasteiger partial charge in [-0.3, -0.25) is 0 Å². The minimum atomic E-state index is 0.0992. The number of hydrogen-bond donors (Lipinski definition) is 0. The summed E-state index contributed by atoms with van der Waals surface area (Å²) in [4.78, 5) is 2.54. The fourth-order valence-corrected chi connectivity index (χ4v) is 7.55. The first-order chi connectivity index (χ1) is 22.3. The molecule has 0 spiro atoms. The van der Waals surface area contributed by atoms with Crippen LogP contribution in [0.1, 0.15) is 44.5 Å². The second-order valence-corrected chi connectivity index (χ2v) is 13.0. The molecule has 0 bridgehead atoms. The lowest BCUT2D eigenvalue weighted by Gasteiger charge is -2.30. The fraction of sp³-hybridized carbons (Fsp3) is 0.182. The van der Waals surface area contributed by atoms with Crippen LogP contribution >= 0.6 is 0 Å². The monoisotopic (exact) mass is 597 g/mol. The lowest BCUT2D eigenvalue weighted by Crippen LogP contribution is -2.56. The Morgan fingerprint density at radius 2 is 0.826 bits per heavy atom. The number of benzene rings is 6. The summed E-state index contributed by atoms with van der Waals surface area (Å²) in [6.45, 7) is 15.3. The van der Waals surface area contributed by atoms with Crippen molar-refractivity contribution >= 4 is 28.8 Å². The van der Waals surface area contributed by atoms with E-state index in [9.17, 15) is 0 Å². The molecule has 0 atom stereocenters. The molecule has 6 aromatic carbocycles. The molecular formula is C44H44BN. The van der Waals surface area contributed by atoms with E-state index in [-0.39, 0.29) is 6.71 Å². The number of aryl methyl sites for hydroxylation is 6. The summed E-state index contributed by atoms with van der Waals surface area (Å²) in [5, 5.41) is 0. The third kappa shape index (κ3) is 6.58. The van der Waals surface area contributed by atoms with Crippen LogP contribution in [0.25, 0.3) is 11.1 Å². The predicted octanol–water partition coefficient (Wildman–Crippen LogP) is 8.93. The molecule has 0 aliphatic rings. The van der Waals surface area contributed by atoms with Crippen LogP contribution in [0, 0.1) is 41.5 Å². The molecule has 1 nitrogen and oxygen atoms in total. The molecule has 46 heavy (non-hydrogen) atoms. The van der Waals surface area contributed by atoms with Crippen molar-refractivity contribution < 1.29 is 0 Å². The maximum atomic E-state index is 2.54. The lowest BCUT2D eigenvalue weighted by molar-refractivity contribution is 0.801. The maximum absolute atomic E-state index is 2.54. The first kappa shape index (κ1) is 31.2. The van der Waals surface area contributed by atoms with E-state index in [4.69, 9.17) is 0 Å². The van der Waals surface area contributed by atoms with Gasteiger partial charge in [0.15, 0.2) is 0 Å². The third-order valence-corrected chi connectivity index (χ3v) is 9.29. The lowest BCUT2D eigenvalue weighted by atomic mass is 9.33. The van der Waals surface area contributed by atoms with Crippen molar-refractivity contribution in [1.82, 2.24) is 0 Å². The predicted molar refractivity (Wildman–Crippen MR) is 201 cm³/mol. The summed E-state index contributed by atoms with van der Waals surface area (Å²) in [5.41, 5.74) is 18.6. The van der Waals surface area contributed by atoms with Crippen LogP contribution in [0.15, 0.2) is 133 Å². The average Bonchev–Trinajstić information content (AvgIpc) is 3.04. The Labute approximate surface area is 276 Å². The van der Waals surface area contributed by atoms with Crippen LogP contribution in [-0.4, -0.2) is 6.71 Å². The molecule has 0 fully saturated rings. The molecule has 0 aliphatic heterocycles. The molecule has 0 aromatic heterocycles. The Balaban J connectivity index is 1.58. The Kier molecular flexibility index (Phi) is 9.27. The Hall–Kier alpha value is -4.82. The van der Waals surface area contributed by atoms with Crippen molar-refractivity contribution in [2.45, 2.75) is 54.6 Å². The largest absolute Gasteiger partial charge is 0.362 e. The molecule has 0 radical (unpaired) electrons. The summed E-state index contributed by atoms with van der Waals surface area (Å²) in [6, 6.07) is 49.2. The van der Waals surface area contributed by atoms with E-state index in [1.807, 2.05) is 0 Å². The third-order valence-electron chi connectivity index (χ3n) is 9.29. The van der Waals surface area contributed by atoms with E-state index >= 15 is 0 Å². The standard InChI is InChI=1S/C44H44BN/c1-31-25-33(3)43(34(4)26-31)45(44-35(5)27-32(2)28-36(44)6)41-23-15-13-21-39(41)40-22-14-16-24-42(40)46(29-37-17-9-7-10-18-37)30-38-19-11-8-12-20-38/h7-28H,29-30H2,1-6H3. The Bertz CT molecular complexity index is 1810. The van der Waals surface area contributed by atoms with Crippen molar-refractivity contribution in [1.29, 1.82) is 0 Å². The first-order valence-electron chi connectivity index (χ1n) is 16.5. The maximum Gasteiger partial charge on any atom is 0.243 e. The van der Waals surface area contributed by atoms with Crippen LogP contribution in [0.2, 0.25) is 0 Å². The number of nitrogens with zero attached hydrogens (tertiary/aromatic N) is 1. The van der Waals surface area contributed by atoms with Gasteiger partial charge in [-0.25, -0.2) is 0 Å². The highest BCUT2D eigenvalue weighted by Crippen LogP contribution is 2.33. The van der Waals surface area contributed by atoms with Crippen LogP contribution in [-0.2, 0) is 13.1 Å². The van der Waals surface area contributed by atoms with Gasteiger partial charge >= 0.3 is 0 Å². The van der Waals surface area contributed by atoms with Gasteiger partial charge in [0, 0.05) is 24.3 Å². The number of anilines is 1. The molecule has 0 heterocycles. The van der Waals surface area contributed by atoms with Crippen molar-refractivity contribution in [3.63, 3.8) is 0 Å². The molecule has 0 saturated heterocycles. The highest BCUT2D eigenvalue weighted by molar-refractivity contribution is 6.97. The number of rotatable bonds is 9. The smallest absolute Gasteiger partial charge is 0.243 e. The zero-order chi connectivity index (χ0) is 32.2. The van der Waals surface area contributed by atoms with Crippen molar-refractivity contribution in [3.8, 4) is 11.1 Å². The zero-order valence-corrected chi connectivity index (χ0v) is 28.1. The van der Waals surface area contributed by atoms with Gasteiger partial charge in [0.05, 0.1) is 0 Å². The summed E-state index contributed by atoms with van der Waals surface area (Å²) in [6.07, 6.45) is 0. The summed E-state index contributed by atoms with van der Waals surface area (Å²) in [7, 11) is 0. The van der Waals surface area contributed by atoms with Crippen molar-refractivity contribution in [2.24, 2.45) is 0 Å². The van der Waals surface area contributed by atoms with Crippen LogP contribution in [0.5, 0.6) is 0 Å². The van der Waals surface area contributed by atoms with Crippen molar-refractivity contribution in [3.05, 3.63) is 178 Å². The Morgan fingerprint density at radius 1 is 0.435 bits per heavy atom. The molecule has 0 unspecified atom stereocenters. The van der Waals surface area contributed by atoms with E-state index in [0.29, 0.717) is 0 Å². The molecule has 228 valence electrons. The average molecular weight is 598 g/mol. The number of para-hydroxylation sites is 1. The van der Waals surface area contributed by atoms with E-state index in [1.165, 1.54) is 77.7 Å². The minimum absolute atomic E-state index is 0.0992. The second-order valence-electron chi connectivity index (χ2n) is 13.0. The van der Waals surface area contributed by atoms with E-state index in [1.54, 1.807) is 0 Å². The van der Waals surface area contributed by atoms with Gasteiger partial charge in [-0.1, -0.05) is 177 Å². The normalized spacial score (nSPS) is 11.0. The quantitative estimate of drug-likeness (QED) is 0.151. The topological polar surface area (TPSA) is 3.24 Å². The van der Waals surface area contributed by atoms with Gasteiger partial charge in [-0.2, -0.15) is 0 Å². The highest BCUT2D eigenvalue weighted by Gasteiger charge is 2.31. The van der Waals surface area contributed by atoms with Gasteiger partial charge in [-0.05, 0) is 64.3 Å². The van der Waals surface area contributed by atoms with E-state index < -0.39 is 0 Å².